The van der Waals surface area contributed by atoms with Gasteiger partial charge in [-0.1, -0.05) is 24.3 Å². The van der Waals surface area contributed by atoms with Crippen molar-refractivity contribution in [2.24, 2.45) is 4.99 Å². The summed E-state index contributed by atoms with van der Waals surface area (Å²) in [6.07, 6.45) is -1.74. The zero-order chi connectivity index (χ0) is 22.8. The number of hydrogen-bond acceptors (Lipinski definition) is 6. The summed E-state index contributed by atoms with van der Waals surface area (Å²) in [6.45, 7) is 9.66. The van der Waals surface area contributed by atoms with E-state index in [1.165, 1.54) is 0 Å². The number of carbonyl (C=O) groups excluding carboxylic acids is 1. The van der Waals surface area contributed by atoms with Crippen molar-refractivity contribution in [1.29, 1.82) is 0 Å². The SMILES string of the molecule is CC1(C)OB(c2ccc([C@]3(C)NC(C4C[C@@H](O)CN4C(=O)O)=NC3=O)cc2)OC1(C)C. The van der Waals surface area contributed by atoms with Gasteiger partial charge in [0.25, 0.3) is 5.91 Å². The molecule has 0 aromatic heterocycles. The van der Waals surface area contributed by atoms with Gasteiger partial charge in [0, 0.05) is 6.42 Å². The minimum absolute atomic E-state index is 0.00557. The fourth-order valence-electron chi connectivity index (χ4n) is 4.15. The number of aliphatic imine (C=N–C) groups is 1. The van der Waals surface area contributed by atoms with Crippen LogP contribution in [0.4, 0.5) is 4.79 Å². The van der Waals surface area contributed by atoms with Crippen LogP contribution in [0.1, 0.15) is 46.6 Å². The molecule has 1 aromatic rings. The molecule has 3 aliphatic heterocycles. The number of amides is 2. The van der Waals surface area contributed by atoms with Crippen LogP contribution in [0.25, 0.3) is 0 Å². The van der Waals surface area contributed by atoms with Crippen LogP contribution in [0, 0.1) is 0 Å². The maximum Gasteiger partial charge on any atom is 0.494 e. The Labute approximate surface area is 181 Å². The van der Waals surface area contributed by atoms with Crippen molar-refractivity contribution >= 4 is 30.4 Å². The predicted octanol–water partition coefficient (Wildman–Crippen LogP) is 0.843. The third-order valence-electron chi connectivity index (χ3n) is 6.88. The molecule has 2 fully saturated rings. The molecule has 3 atom stereocenters. The highest BCUT2D eigenvalue weighted by atomic mass is 16.7. The lowest BCUT2D eigenvalue weighted by atomic mass is 9.77. The number of likely N-dealkylation sites (tertiary alicyclic amines) is 1. The predicted molar refractivity (Wildman–Crippen MR) is 114 cm³/mol. The average molecular weight is 429 g/mol. The van der Waals surface area contributed by atoms with Gasteiger partial charge in [0.05, 0.1) is 29.9 Å². The molecule has 31 heavy (non-hydrogen) atoms. The van der Waals surface area contributed by atoms with Crippen molar-refractivity contribution < 1.29 is 29.1 Å². The molecule has 2 saturated heterocycles. The van der Waals surface area contributed by atoms with Crippen molar-refractivity contribution in [3.63, 3.8) is 0 Å². The highest BCUT2D eigenvalue weighted by molar-refractivity contribution is 6.62. The van der Waals surface area contributed by atoms with Crippen molar-refractivity contribution in [3.05, 3.63) is 29.8 Å². The standard InChI is InChI=1S/C21H28BN3O6/c1-19(2)20(3,4)31-22(30-19)13-8-6-12(7-9-13)21(5)17(27)23-16(24-21)15-10-14(26)11-25(15)18(28)29/h6-9,14-15,26H,10-11H2,1-5H3,(H,28,29)(H,23,24,27)/t14-,15?,21+/m1/s1. The van der Waals surface area contributed by atoms with Gasteiger partial charge >= 0.3 is 13.2 Å². The molecular formula is C21H28BN3O6. The van der Waals surface area contributed by atoms with Crippen LogP contribution in [0.5, 0.6) is 0 Å². The lowest BCUT2D eigenvalue weighted by Crippen LogP contribution is -2.50. The van der Waals surface area contributed by atoms with E-state index >= 15 is 0 Å². The molecule has 0 radical (unpaired) electrons. The third kappa shape index (κ3) is 3.52. The Kier molecular flexibility index (Phi) is 4.95. The molecule has 3 heterocycles. The Morgan fingerprint density at radius 1 is 1.16 bits per heavy atom. The molecule has 4 rings (SSSR count). The number of β-amino-alcohol motifs (C(OH)–C–C–N with tert-alkyl or cyclic N) is 1. The van der Waals surface area contributed by atoms with Crippen molar-refractivity contribution in [2.75, 3.05) is 6.54 Å². The van der Waals surface area contributed by atoms with Gasteiger partial charge < -0.3 is 24.8 Å². The molecule has 1 aromatic carbocycles. The summed E-state index contributed by atoms with van der Waals surface area (Å²) in [6, 6.07) is 6.68. The van der Waals surface area contributed by atoms with Gasteiger partial charge in [-0.15, -0.1) is 0 Å². The molecule has 10 heteroatoms. The van der Waals surface area contributed by atoms with E-state index in [-0.39, 0.29) is 18.8 Å². The molecule has 166 valence electrons. The zero-order valence-electron chi connectivity index (χ0n) is 18.4. The van der Waals surface area contributed by atoms with Crippen LogP contribution < -0.4 is 10.8 Å². The van der Waals surface area contributed by atoms with Gasteiger partial charge in [-0.3, -0.25) is 9.69 Å². The first-order valence-electron chi connectivity index (χ1n) is 10.4. The van der Waals surface area contributed by atoms with Gasteiger partial charge in [-0.25, -0.2) is 4.79 Å². The number of benzene rings is 1. The second-order valence-corrected chi connectivity index (χ2v) is 9.60. The van der Waals surface area contributed by atoms with Crippen LogP contribution in [0.2, 0.25) is 0 Å². The highest BCUT2D eigenvalue weighted by Crippen LogP contribution is 2.37. The van der Waals surface area contributed by atoms with E-state index in [4.69, 9.17) is 9.31 Å². The zero-order valence-corrected chi connectivity index (χ0v) is 18.4. The summed E-state index contributed by atoms with van der Waals surface area (Å²) in [5.41, 5.74) is -0.488. The number of aliphatic hydroxyl groups is 1. The minimum atomic E-state index is -1.15. The van der Waals surface area contributed by atoms with Gasteiger partial charge in [0.15, 0.2) is 0 Å². The molecule has 0 saturated carbocycles. The molecule has 1 unspecified atom stereocenters. The number of rotatable bonds is 3. The largest absolute Gasteiger partial charge is 0.494 e. The highest BCUT2D eigenvalue weighted by Gasteiger charge is 2.52. The third-order valence-corrected chi connectivity index (χ3v) is 6.88. The Hall–Kier alpha value is -2.43. The number of nitrogens with one attached hydrogen (secondary N) is 1. The van der Waals surface area contributed by atoms with E-state index in [1.54, 1.807) is 6.92 Å². The van der Waals surface area contributed by atoms with Gasteiger partial charge in [0.1, 0.15) is 11.4 Å². The fraction of sp³-hybridized carbons (Fsp3) is 0.571. The number of aliphatic hydroxyl groups excluding tert-OH is 1. The topological polar surface area (TPSA) is 121 Å². The second kappa shape index (κ2) is 7.05. The number of carbonyl (C=O) groups is 2. The summed E-state index contributed by atoms with van der Waals surface area (Å²) in [5.74, 6) is -0.140. The first-order chi connectivity index (χ1) is 14.3. The summed E-state index contributed by atoms with van der Waals surface area (Å²) < 4.78 is 12.2. The summed E-state index contributed by atoms with van der Waals surface area (Å²) in [4.78, 5) is 29.5. The number of nitrogens with zero attached hydrogens (tertiary/aromatic N) is 2. The summed E-state index contributed by atoms with van der Waals surface area (Å²) >= 11 is 0. The number of hydrogen-bond donors (Lipinski definition) is 3. The maximum absolute atomic E-state index is 12.8. The first-order valence-corrected chi connectivity index (χ1v) is 10.4. The average Bonchev–Trinajstić information content (AvgIpc) is 3.28. The summed E-state index contributed by atoms with van der Waals surface area (Å²) in [5, 5.41) is 22.4. The Morgan fingerprint density at radius 3 is 2.29 bits per heavy atom. The van der Waals surface area contributed by atoms with E-state index in [1.807, 2.05) is 52.0 Å². The lowest BCUT2D eigenvalue weighted by molar-refractivity contribution is -0.122. The molecule has 3 N–H and O–H groups in total. The van der Waals surface area contributed by atoms with E-state index < -0.39 is 48.0 Å². The van der Waals surface area contributed by atoms with Gasteiger partial charge in [-0.05, 0) is 45.6 Å². The van der Waals surface area contributed by atoms with Crippen molar-refractivity contribution in [1.82, 2.24) is 10.2 Å². The van der Waals surface area contributed by atoms with Crippen molar-refractivity contribution in [2.45, 2.75) is 69.9 Å². The van der Waals surface area contributed by atoms with Crippen molar-refractivity contribution in [3.8, 4) is 0 Å². The van der Waals surface area contributed by atoms with E-state index in [0.717, 1.165) is 10.4 Å². The minimum Gasteiger partial charge on any atom is -0.465 e. The smallest absolute Gasteiger partial charge is 0.465 e. The second-order valence-electron chi connectivity index (χ2n) is 9.60. The van der Waals surface area contributed by atoms with Crippen LogP contribution in [0.15, 0.2) is 29.3 Å². The summed E-state index contributed by atoms with van der Waals surface area (Å²) in [7, 11) is -0.505. The number of carboxylic acid groups (broad SMARTS) is 1. The Bertz CT molecular complexity index is 931. The number of amidine groups is 1. The maximum atomic E-state index is 12.8. The normalized spacial score (nSPS) is 31.7. The molecule has 9 nitrogen and oxygen atoms in total. The monoisotopic (exact) mass is 429 g/mol. The van der Waals surface area contributed by atoms with Crippen LogP contribution >= 0.6 is 0 Å². The van der Waals surface area contributed by atoms with E-state index in [0.29, 0.717) is 5.56 Å². The van der Waals surface area contributed by atoms with Crippen LogP contribution in [-0.2, 0) is 19.6 Å². The Balaban J connectivity index is 1.53. The van der Waals surface area contributed by atoms with E-state index in [2.05, 4.69) is 10.3 Å². The molecule has 0 spiro atoms. The molecule has 0 bridgehead atoms. The van der Waals surface area contributed by atoms with E-state index in [9.17, 15) is 19.8 Å². The first kappa shape index (κ1) is 21.8. The quantitative estimate of drug-likeness (QED) is 0.609. The molecule has 3 aliphatic rings. The molecular weight excluding hydrogens is 401 g/mol. The fourth-order valence-corrected chi connectivity index (χ4v) is 4.15. The van der Waals surface area contributed by atoms with Gasteiger partial charge in [-0.2, -0.15) is 4.99 Å². The Morgan fingerprint density at radius 2 is 1.74 bits per heavy atom. The lowest BCUT2D eigenvalue weighted by Gasteiger charge is -2.32. The van der Waals surface area contributed by atoms with Crippen LogP contribution in [0.3, 0.4) is 0 Å². The van der Waals surface area contributed by atoms with Gasteiger partial charge in [0.2, 0.25) is 0 Å². The molecule has 0 aliphatic carbocycles. The molecule has 2 amide bonds. The van der Waals surface area contributed by atoms with Crippen LogP contribution in [-0.4, -0.2) is 70.0 Å².